The summed E-state index contributed by atoms with van der Waals surface area (Å²) in [7, 11) is 0. The molecule has 162 valence electrons. The first-order valence-corrected chi connectivity index (χ1v) is 11.0. The van der Waals surface area contributed by atoms with Crippen LogP contribution in [-0.4, -0.2) is 34.9 Å². The van der Waals surface area contributed by atoms with Gasteiger partial charge in [-0.1, -0.05) is 48.9 Å². The minimum absolute atomic E-state index is 0.179. The largest absolute Gasteiger partial charge is 0.483 e. The van der Waals surface area contributed by atoms with Crippen molar-refractivity contribution in [3.8, 4) is 5.75 Å². The van der Waals surface area contributed by atoms with Crippen molar-refractivity contribution in [3.05, 3.63) is 63.6 Å². The lowest BCUT2D eigenvalue weighted by Crippen LogP contribution is -2.54. The lowest BCUT2D eigenvalue weighted by atomic mass is 10.1. The molecule has 5 nitrogen and oxygen atoms in total. The van der Waals surface area contributed by atoms with Crippen LogP contribution in [0, 0.1) is 0 Å². The van der Waals surface area contributed by atoms with Crippen LogP contribution in [0.15, 0.2) is 53.0 Å². The maximum absolute atomic E-state index is 13.1. The van der Waals surface area contributed by atoms with E-state index in [2.05, 4.69) is 21.2 Å². The van der Waals surface area contributed by atoms with Crippen molar-refractivity contribution in [2.75, 3.05) is 6.61 Å². The molecule has 0 aliphatic rings. The van der Waals surface area contributed by atoms with E-state index < -0.39 is 11.6 Å². The SMILES string of the molecule is CC[C@H](C(=O)NC(C)(C)C)N(Cc1ccccc1)C(=O)COc1ccc(Cl)cc1Br. The highest BCUT2D eigenvalue weighted by Gasteiger charge is 2.30. The van der Waals surface area contributed by atoms with Crippen molar-refractivity contribution in [2.24, 2.45) is 0 Å². The Morgan fingerprint density at radius 1 is 1.17 bits per heavy atom. The number of nitrogens with zero attached hydrogens (tertiary/aromatic N) is 1. The molecule has 0 unspecified atom stereocenters. The fraction of sp³-hybridized carbons (Fsp3) is 0.391. The molecule has 0 fully saturated rings. The second-order valence-electron chi connectivity index (χ2n) is 8.03. The van der Waals surface area contributed by atoms with E-state index >= 15 is 0 Å². The van der Waals surface area contributed by atoms with Crippen LogP contribution < -0.4 is 10.1 Å². The first-order chi connectivity index (χ1) is 14.1. The third-order valence-electron chi connectivity index (χ3n) is 4.32. The van der Waals surface area contributed by atoms with Crippen LogP contribution in [0.2, 0.25) is 5.02 Å². The number of amides is 2. The van der Waals surface area contributed by atoms with Crippen LogP contribution in [-0.2, 0) is 16.1 Å². The van der Waals surface area contributed by atoms with Gasteiger partial charge in [0.2, 0.25) is 5.91 Å². The maximum atomic E-state index is 13.1. The molecule has 0 radical (unpaired) electrons. The highest BCUT2D eigenvalue weighted by atomic mass is 79.9. The van der Waals surface area contributed by atoms with Gasteiger partial charge in [-0.05, 0) is 66.9 Å². The van der Waals surface area contributed by atoms with Crippen molar-refractivity contribution in [1.29, 1.82) is 0 Å². The topological polar surface area (TPSA) is 58.6 Å². The zero-order chi connectivity index (χ0) is 22.3. The van der Waals surface area contributed by atoms with E-state index in [4.69, 9.17) is 16.3 Å². The van der Waals surface area contributed by atoms with Crippen LogP contribution in [0.25, 0.3) is 0 Å². The van der Waals surface area contributed by atoms with Gasteiger partial charge >= 0.3 is 0 Å². The molecule has 0 heterocycles. The molecule has 2 aromatic rings. The number of halogens is 2. The van der Waals surface area contributed by atoms with Crippen molar-refractivity contribution >= 4 is 39.3 Å². The highest BCUT2D eigenvalue weighted by molar-refractivity contribution is 9.10. The Labute approximate surface area is 191 Å². The average Bonchev–Trinajstić information content (AvgIpc) is 2.66. The molecule has 0 aliphatic carbocycles. The first kappa shape index (κ1) is 24.2. The minimum Gasteiger partial charge on any atom is -0.483 e. The molecule has 0 aliphatic heterocycles. The van der Waals surface area contributed by atoms with Gasteiger partial charge in [-0.15, -0.1) is 0 Å². The number of rotatable bonds is 8. The Morgan fingerprint density at radius 2 is 1.83 bits per heavy atom. The molecule has 0 bridgehead atoms. The number of hydrogen-bond donors (Lipinski definition) is 1. The molecule has 2 rings (SSSR count). The Bertz CT molecular complexity index is 868. The number of carbonyl (C=O) groups is 2. The summed E-state index contributed by atoms with van der Waals surface area (Å²) in [6, 6.07) is 14.1. The molecule has 0 aromatic heterocycles. The summed E-state index contributed by atoms with van der Waals surface area (Å²) < 4.78 is 6.38. The molecule has 1 atom stereocenters. The van der Waals surface area contributed by atoms with Crippen molar-refractivity contribution in [3.63, 3.8) is 0 Å². The van der Waals surface area contributed by atoms with Gasteiger partial charge in [0.25, 0.3) is 5.91 Å². The second-order valence-corrected chi connectivity index (χ2v) is 9.32. The molecule has 2 amide bonds. The summed E-state index contributed by atoms with van der Waals surface area (Å²) in [5.74, 6) is 0.0677. The number of benzene rings is 2. The van der Waals surface area contributed by atoms with Crippen molar-refractivity contribution in [2.45, 2.75) is 52.2 Å². The predicted octanol–water partition coefficient (Wildman–Crippen LogP) is 5.20. The van der Waals surface area contributed by atoms with E-state index in [9.17, 15) is 9.59 Å². The number of hydrogen-bond acceptors (Lipinski definition) is 3. The molecule has 1 N–H and O–H groups in total. The summed E-state index contributed by atoms with van der Waals surface area (Å²) in [4.78, 5) is 27.7. The van der Waals surface area contributed by atoms with Gasteiger partial charge in [-0.25, -0.2) is 0 Å². The summed E-state index contributed by atoms with van der Waals surface area (Å²) in [5, 5.41) is 3.55. The Morgan fingerprint density at radius 3 is 2.40 bits per heavy atom. The Hall–Kier alpha value is -2.05. The zero-order valence-corrected chi connectivity index (χ0v) is 20.1. The van der Waals surface area contributed by atoms with Crippen LogP contribution in [0.1, 0.15) is 39.7 Å². The summed E-state index contributed by atoms with van der Waals surface area (Å²) >= 11 is 9.35. The van der Waals surface area contributed by atoms with Gasteiger partial charge < -0.3 is 15.0 Å². The van der Waals surface area contributed by atoms with E-state index in [0.717, 1.165) is 5.56 Å². The summed E-state index contributed by atoms with van der Waals surface area (Å²) in [6.07, 6.45) is 0.491. The third-order valence-corrected chi connectivity index (χ3v) is 5.18. The molecule has 7 heteroatoms. The standard InChI is InChI=1S/C23H28BrClN2O3/c1-5-19(22(29)26-23(2,3)4)27(14-16-9-7-6-8-10-16)21(28)15-30-20-12-11-17(25)13-18(20)24/h6-13,19H,5,14-15H2,1-4H3,(H,26,29)/t19-/m1/s1. The zero-order valence-electron chi connectivity index (χ0n) is 17.7. The normalized spacial score (nSPS) is 12.2. The first-order valence-electron chi connectivity index (χ1n) is 9.84. The van der Waals surface area contributed by atoms with Gasteiger partial charge in [-0.2, -0.15) is 0 Å². The fourth-order valence-corrected chi connectivity index (χ4v) is 3.76. The smallest absolute Gasteiger partial charge is 0.261 e. The molecule has 2 aromatic carbocycles. The number of carbonyl (C=O) groups excluding carboxylic acids is 2. The summed E-state index contributed by atoms with van der Waals surface area (Å²) in [5.41, 5.74) is 0.553. The second kappa shape index (κ2) is 10.8. The quantitative estimate of drug-likeness (QED) is 0.547. The molecule has 0 saturated heterocycles. The average molecular weight is 496 g/mol. The van der Waals surface area contributed by atoms with E-state index in [1.54, 1.807) is 23.1 Å². The highest BCUT2D eigenvalue weighted by Crippen LogP contribution is 2.28. The van der Waals surface area contributed by atoms with Crippen LogP contribution in [0.5, 0.6) is 5.75 Å². The molecular formula is C23H28BrClN2O3. The van der Waals surface area contributed by atoms with E-state index in [0.29, 0.717) is 28.2 Å². The summed E-state index contributed by atoms with van der Waals surface area (Å²) in [6.45, 7) is 7.79. The Balaban J connectivity index is 2.22. The van der Waals surface area contributed by atoms with Crippen LogP contribution in [0.3, 0.4) is 0 Å². The molecular weight excluding hydrogens is 468 g/mol. The lowest BCUT2D eigenvalue weighted by molar-refractivity contribution is -0.143. The van der Waals surface area contributed by atoms with Crippen molar-refractivity contribution < 1.29 is 14.3 Å². The van der Waals surface area contributed by atoms with E-state index in [1.807, 2.05) is 58.0 Å². The van der Waals surface area contributed by atoms with Gasteiger partial charge in [0.15, 0.2) is 6.61 Å². The lowest BCUT2D eigenvalue weighted by Gasteiger charge is -2.33. The number of nitrogens with one attached hydrogen (secondary N) is 1. The van der Waals surface area contributed by atoms with Crippen LogP contribution >= 0.6 is 27.5 Å². The van der Waals surface area contributed by atoms with E-state index in [1.165, 1.54) is 0 Å². The monoisotopic (exact) mass is 494 g/mol. The van der Waals surface area contributed by atoms with Gasteiger partial charge in [0.05, 0.1) is 4.47 Å². The molecule has 0 spiro atoms. The maximum Gasteiger partial charge on any atom is 0.261 e. The van der Waals surface area contributed by atoms with Gasteiger partial charge in [-0.3, -0.25) is 9.59 Å². The minimum atomic E-state index is -0.603. The number of ether oxygens (including phenoxy) is 1. The predicted molar refractivity (Wildman–Crippen MR) is 124 cm³/mol. The fourth-order valence-electron chi connectivity index (χ4n) is 2.97. The van der Waals surface area contributed by atoms with E-state index in [-0.39, 0.29) is 18.4 Å². The van der Waals surface area contributed by atoms with Gasteiger partial charge in [0, 0.05) is 17.1 Å². The molecule has 0 saturated carbocycles. The van der Waals surface area contributed by atoms with Gasteiger partial charge in [0.1, 0.15) is 11.8 Å². The van der Waals surface area contributed by atoms with Crippen LogP contribution in [0.4, 0.5) is 0 Å². The van der Waals surface area contributed by atoms with Crippen molar-refractivity contribution in [1.82, 2.24) is 10.2 Å². The Kier molecular flexibility index (Phi) is 8.74. The molecule has 30 heavy (non-hydrogen) atoms. The third kappa shape index (κ3) is 7.33.